The molecular formula is C13H14O4. The monoisotopic (exact) mass is 234 g/mol. The van der Waals surface area contributed by atoms with Gasteiger partial charge in [0, 0.05) is 0 Å². The van der Waals surface area contributed by atoms with Gasteiger partial charge in [0.05, 0.1) is 18.8 Å². The third-order valence-corrected chi connectivity index (χ3v) is 4.49. The fourth-order valence-electron chi connectivity index (χ4n) is 3.60. The van der Waals surface area contributed by atoms with E-state index in [1.165, 1.54) is 0 Å². The molecule has 5 heterocycles. The molecule has 2 spiro atoms. The summed E-state index contributed by atoms with van der Waals surface area (Å²) in [7, 11) is 0. The first-order chi connectivity index (χ1) is 8.08. The minimum atomic E-state index is -0.758. The van der Waals surface area contributed by atoms with Gasteiger partial charge in [0.15, 0.2) is 11.2 Å². The molecule has 0 unspecified atom stereocenters. The van der Waals surface area contributed by atoms with Crippen LogP contribution >= 0.6 is 0 Å². The zero-order chi connectivity index (χ0) is 11.8. The average Bonchev–Trinajstić information content (AvgIpc) is 2.73. The van der Waals surface area contributed by atoms with Crippen LogP contribution in [0.4, 0.5) is 0 Å². The van der Waals surface area contributed by atoms with E-state index in [9.17, 15) is 4.79 Å². The van der Waals surface area contributed by atoms with Crippen LogP contribution < -0.4 is 0 Å². The third-order valence-electron chi connectivity index (χ3n) is 4.49. The Morgan fingerprint density at radius 3 is 3.06 bits per heavy atom. The van der Waals surface area contributed by atoms with Crippen molar-refractivity contribution in [1.82, 2.24) is 0 Å². The Morgan fingerprint density at radius 1 is 1.47 bits per heavy atom. The van der Waals surface area contributed by atoms with Gasteiger partial charge >= 0.3 is 5.97 Å². The van der Waals surface area contributed by atoms with Crippen molar-refractivity contribution in [2.24, 2.45) is 5.92 Å². The van der Waals surface area contributed by atoms with Crippen molar-refractivity contribution in [3.8, 4) is 0 Å². The van der Waals surface area contributed by atoms with Crippen molar-refractivity contribution < 1.29 is 19.0 Å². The lowest BCUT2D eigenvalue weighted by Crippen LogP contribution is -2.56. The first-order valence-corrected chi connectivity index (χ1v) is 5.99. The van der Waals surface area contributed by atoms with Crippen molar-refractivity contribution in [2.75, 3.05) is 6.61 Å². The Balaban J connectivity index is 2.01. The number of hydrogen-bond donors (Lipinski definition) is 0. The number of rotatable bonds is 0. The first-order valence-electron chi connectivity index (χ1n) is 5.99. The second kappa shape index (κ2) is 2.65. The van der Waals surface area contributed by atoms with Crippen LogP contribution in [-0.4, -0.2) is 36.0 Å². The van der Waals surface area contributed by atoms with Crippen molar-refractivity contribution >= 4 is 5.97 Å². The van der Waals surface area contributed by atoms with E-state index in [1.807, 2.05) is 32.1 Å². The summed E-state index contributed by atoms with van der Waals surface area (Å²) in [6.45, 7) is 4.32. The molecule has 0 N–H and O–H groups in total. The van der Waals surface area contributed by atoms with Crippen LogP contribution in [0.1, 0.15) is 13.8 Å². The highest BCUT2D eigenvalue weighted by molar-refractivity contribution is 5.80. The van der Waals surface area contributed by atoms with E-state index < -0.39 is 11.2 Å². The third kappa shape index (κ3) is 0.881. The molecule has 5 rings (SSSR count). The fraction of sp³-hybridized carbons (Fsp3) is 0.615. The number of esters is 1. The molecule has 4 bridgehead atoms. The molecule has 5 atom stereocenters. The SMILES string of the molecule is CC1=C[C@@]23CO[C@H](C)[C@@]24C=C[C@H](O4)[C@@H]1C(=O)O3. The van der Waals surface area contributed by atoms with Gasteiger partial charge in [-0.25, -0.2) is 0 Å². The number of fused-ring (bicyclic) bond motifs is 1. The van der Waals surface area contributed by atoms with E-state index >= 15 is 0 Å². The Hall–Kier alpha value is -1.13. The molecule has 0 aromatic heterocycles. The molecule has 0 radical (unpaired) electrons. The van der Waals surface area contributed by atoms with Crippen LogP contribution in [0.3, 0.4) is 0 Å². The molecule has 2 fully saturated rings. The van der Waals surface area contributed by atoms with Gasteiger partial charge in [0.1, 0.15) is 5.92 Å². The minimum absolute atomic E-state index is 0.0996. The van der Waals surface area contributed by atoms with Crippen LogP contribution in [0.25, 0.3) is 0 Å². The molecule has 5 aliphatic rings. The van der Waals surface area contributed by atoms with Crippen molar-refractivity contribution in [3.05, 3.63) is 23.8 Å². The highest BCUT2D eigenvalue weighted by Crippen LogP contribution is 2.54. The molecule has 2 saturated heterocycles. The van der Waals surface area contributed by atoms with Crippen LogP contribution in [0.5, 0.6) is 0 Å². The second-order valence-corrected chi connectivity index (χ2v) is 5.36. The van der Waals surface area contributed by atoms with Gasteiger partial charge in [-0.2, -0.15) is 0 Å². The van der Waals surface area contributed by atoms with E-state index in [4.69, 9.17) is 14.2 Å². The summed E-state index contributed by atoms with van der Waals surface area (Å²) in [5.74, 6) is -0.465. The summed E-state index contributed by atoms with van der Waals surface area (Å²) in [6, 6.07) is 0. The second-order valence-electron chi connectivity index (χ2n) is 5.36. The Labute approximate surface area is 99.2 Å². The van der Waals surface area contributed by atoms with E-state index in [1.54, 1.807) is 0 Å². The normalized spacial score (nSPS) is 54.4. The molecule has 17 heavy (non-hydrogen) atoms. The largest absolute Gasteiger partial charge is 0.448 e. The molecular weight excluding hydrogens is 220 g/mol. The lowest BCUT2D eigenvalue weighted by Gasteiger charge is -2.39. The zero-order valence-electron chi connectivity index (χ0n) is 9.80. The highest BCUT2D eigenvalue weighted by atomic mass is 16.7. The number of carbonyl (C=O) groups excluding carboxylic acids is 1. The maximum absolute atomic E-state index is 12.1. The maximum Gasteiger partial charge on any atom is 0.317 e. The average molecular weight is 234 g/mol. The summed E-state index contributed by atoms with van der Waals surface area (Å²) >= 11 is 0. The van der Waals surface area contributed by atoms with Gasteiger partial charge in [-0.05, 0) is 26.0 Å². The number of carbonyl (C=O) groups is 1. The standard InChI is InChI=1S/C13H14O4/c1-7-5-12-6-15-8(2)13(12)4-3-9(16-13)10(7)11(14)17-12/h3-5,8-10H,6H2,1-2H3/t8-,9+,10-,12-,13+/m1/s1. The van der Waals surface area contributed by atoms with Gasteiger partial charge in [-0.1, -0.05) is 11.6 Å². The summed E-state index contributed by atoms with van der Waals surface area (Å²) < 4.78 is 17.5. The first kappa shape index (κ1) is 9.85. The van der Waals surface area contributed by atoms with Gasteiger partial charge < -0.3 is 14.2 Å². The predicted octanol–water partition coefficient (Wildman–Crippen LogP) is 0.971. The van der Waals surface area contributed by atoms with Gasteiger partial charge in [0.2, 0.25) is 0 Å². The van der Waals surface area contributed by atoms with E-state index in [0.29, 0.717) is 6.61 Å². The molecule has 5 aliphatic heterocycles. The summed E-state index contributed by atoms with van der Waals surface area (Å²) in [4.78, 5) is 12.1. The fourth-order valence-corrected chi connectivity index (χ4v) is 3.60. The Bertz CT molecular complexity index is 480. The molecule has 4 heteroatoms. The topological polar surface area (TPSA) is 44.8 Å². The smallest absolute Gasteiger partial charge is 0.317 e. The lowest BCUT2D eigenvalue weighted by molar-refractivity contribution is -0.165. The van der Waals surface area contributed by atoms with Crippen molar-refractivity contribution in [2.45, 2.75) is 37.3 Å². The molecule has 4 nitrogen and oxygen atoms in total. The van der Waals surface area contributed by atoms with E-state index in [2.05, 4.69) is 0 Å². The summed E-state index contributed by atoms with van der Waals surface area (Å²) in [5, 5.41) is 0. The van der Waals surface area contributed by atoms with Gasteiger partial charge in [-0.15, -0.1) is 0 Å². The van der Waals surface area contributed by atoms with Crippen LogP contribution in [0, 0.1) is 5.92 Å². The number of hydrogen-bond acceptors (Lipinski definition) is 4. The molecule has 0 amide bonds. The maximum atomic E-state index is 12.1. The van der Waals surface area contributed by atoms with Gasteiger partial charge in [-0.3, -0.25) is 4.79 Å². The Kier molecular flexibility index (Phi) is 1.53. The predicted molar refractivity (Wildman–Crippen MR) is 58.2 cm³/mol. The van der Waals surface area contributed by atoms with Gasteiger partial charge in [0.25, 0.3) is 0 Å². The molecule has 90 valence electrons. The summed E-state index contributed by atoms with van der Waals surface area (Å²) in [6.07, 6.45) is 5.75. The quantitative estimate of drug-likeness (QED) is 0.463. The van der Waals surface area contributed by atoms with Crippen LogP contribution in [0.2, 0.25) is 0 Å². The molecule has 0 aromatic rings. The minimum Gasteiger partial charge on any atom is -0.448 e. The lowest BCUT2D eigenvalue weighted by atomic mass is 9.77. The van der Waals surface area contributed by atoms with Crippen molar-refractivity contribution in [1.29, 1.82) is 0 Å². The van der Waals surface area contributed by atoms with Crippen LogP contribution in [-0.2, 0) is 19.0 Å². The highest BCUT2D eigenvalue weighted by Gasteiger charge is 2.69. The Morgan fingerprint density at radius 2 is 2.29 bits per heavy atom. The molecule has 0 aromatic carbocycles. The molecule has 0 saturated carbocycles. The molecule has 0 aliphatic carbocycles. The number of ether oxygens (including phenoxy) is 3. The van der Waals surface area contributed by atoms with E-state index in [0.717, 1.165) is 5.57 Å². The van der Waals surface area contributed by atoms with Crippen LogP contribution in [0.15, 0.2) is 23.8 Å². The summed E-state index contributed by atoms with van der Waals surface area (Å²) in [5.41, 5.74) is -0.346. The van der Waals surface area contributed by atoms with E-state index in [-0.39, 0.29) is 24.1 Å². The van der Waals surface area contributed by atoms with Crippen molar-refractivity contribution in [3.63, 3.8) is 0 Å². The zero-order valence-corrected chi connectivity index (χ0v) is 9.80.